The van der Waals surface area contributed by atoms with Gasteiger partial charge in [-0.1, -0.05) is 24.9 Å². The fraction of sp³-hybridized carbons (Fsp3) is 0.500. The van der Waals surface area contributed by atoms with Gasteiger partial charge >= 0.3 is 0 Å². The Morgan fingerprint density at radius 1 is 1.50 bits per heavy atom. The van der Waals surface area contributed by atoms with Crippen LogP contribution in [0.15, 0.2) is 6.07 Å². The molecule has 1 aromatic rings. The van der Waals surface area contributed by atoms with Gasteiger partial charge in [0.05, 0.1) is 10.7 Å². The normalized spacial score (nSPS) is 10.2. The SMILES string of the molecule is CCCc1cc(Cl)c(N)c(NCC)n1. The third-order valence-electron chi connectivity index (χ3n) is 1.91. The van der Waals surface area contributed by atoms with Gasteiger partial charge in [-0.3, -0.25) is 0 Å². The van der Waals surface area contributed by atoms with E-state index in [9.17, 15) is 0 Å². The molecule has 0 saturated heterocycles. The first-order valence-electron chi connectivity index (χ1n) is 4.87. The highest BCUT2D eigenvalue weighted by molar-refractivity contribution is 6.33. The van der Waals surface area contributed by atoms with Crippen molar-refractivity contribution in [3.05, 3.63) is 16.8 Å². The number of pyridine rings is 1. The van der Waals surface area contributed by atoms with Gasteiger partial charge in [-0.15, -0.1) is 0 Å². The molecule has 4 heteroatoms. The standard InChI is InChI=1S/C10H16ClN3/c1-3-5-7-6-8(11)9(12)10(14-7)13-4-2/h6H,3-5,12H2,1-2H3,(H,13,14). The number of nitrogens with zero attached hydrogens (tertiary/aromatic N) is 1. The van der Waals surface area contributed by atoms with Gasteiger partial charge in [0.2, 0.25) is 0 Å². The first-order valence-corrected chi connectivity index (χ1v) is 5.25. The number of aryl methyl sites for hydroxylation is 1. The zero-order chi connectivity index (χ0) is 10.6. The summed E-state index contributed by atoms with van der Waals surface area (Å²) in [6.07, 6.45) is 1.98. The quantitative estimate of drug-likeness (QED) is 0.809. The van der Waals surface area contributed by atoms with Crippen molar-refractivity contribution >= 4 is 23.1 Å². The van der Waals surface area contributed by atoms with Crippen LogP contribution >= 0.6 is 11.6 Å². The monoisotopic (exact) mass is 213 g/mol. The van der Waals surface area contributed by atoms with Crippen LogP contribution in [0, 0.1) is 0 Å². The molecule has 3 nitrogen and oxygen atoms in total. The zero-order valence-corrected chi connectivity index (χ0v) is 9.36. The van der Waals surface area contributed by atoms with E-state index in [1.165, 1.54) is 0 Å². The highest BCUT2D eigenvalue weighted by Crippen LogP contribution is 2.26. The van der Waals surface area contributed by atoms with E-state index in [4.69, 9.17) is 17.3 Å². The molecule has 0 radical (unpaired) electrons. The molecular weight excluding hydrogens is 198 g/mol. The molecule has 0 fully saturated rings. The van der Waals surface area contributed by atoms with Crippen molar-refractivity contribution in [2.75, 3.05) is 17.6 Å². The molecule has 0 aromatic carbocycles. The second-order valence-corrected chi connectivity index (χ2v) is 3.55. The molecule has 14 heavy (non-hydrogen) atoms. The van der Waals surface area contributed by atoms with Crippen molar-refractivity contribution in [1.29, 1.82) is 0 Å². The van der Waals surface area contributed by atoms with E-state index in [0.29, 0.717) is 16.5 Å². The lowest BCUT2D eigenvalue weighted by molar-refractivity contribution is 0.883. The third-order valence-corrected chi connectivity index (χ3v) is 2.22. The lowest BCUT2D eigenvalue weighted by Crippen LogP contribution is -2.05. The minimum Gasteiger partial charge on any atom is -0.395 e. The second-order valence-electron chi connectivity index (χ2n) is 3.14. The van der Waals surface area contributed by atoms with Gasteiger partial charge in [0.15, 0.2) is 5.82 Å². The Hall–Kier alpha value is -0.960. The first kappa shape index (κ1) is 11.1. The summed E-state index contributed by atoms with van der Waals surface area (Å²) >= 11 is 5.99. The summed E-state index contributed by atoms with van der Waals surface area (Å²) in [6.45, 7) is 4.91. The molecule has 0 unspecified atom stereocenters. The fourth-order valence-electron chi connectivity index (χ4n) is 1.26. The first-order chi connectivity index (χ1) is 6.69. The van der Waals surface area contributed by atoms with Crippen LogP contribution in [0.25, 0.3) is 0 Å². The van der Waals surface area contributed by atoms with Crippen molar-refractivity contribution in [2.45, 2.75) is 26.7 Å². The van der Waals surface area contributed by atoms with Crippen LogP contribution in [0.4, 0.5) is 11.5 Å². The zero-order valence-electron chi connectivity index (χ0n) is 8.60. The molecule has 0 aliphatic heterocycles. The van der Waals surface area contributed by atoms with Gasteiger partial charge in [0.25, 0.3) is 0 Å². The van der Waals surface area contributed by atoms with E-state index in [2.05, 4.69) is 17.2 Å². The summed E-state index contributed by atoms with van der Waals surface area (Å²) < 4.78 is 0. The summed E-state index contributed by atoms with van der Waals surface area (Å²) in [4.78, 5) is 4.39. The number of aromatic nitrogens is 1. The van der Waals surface area contributed by atoms with Gasteiger partial charge in [-0.25, -0.2) is 4.98 Å². The molecule has 1 heterocycles. The Kier molecular flexibility index (Phi) is 4.01. The average molecular weight is 214 g/mol. The summed E-state index contributed by atoms with van der Waals surface area (Å²) in [6, 6.07) is 1.83. The Balaban J connectivity index is 3.01. The molecule has 0 amide bonds. The lowest BCUT2D eigenvalue weighted by Gasteiger charge is -2.09. The maximum atomic E-state index is 5.99. The average Bonchev–Trinajstić information content (AvgIpc) is 2.14. The van der Waals surface area contributed by atoms with E-state index in [1.807, 2.05) is 13.0 Å². The van der Waals surface area contributed by atoms with Gasteiger partial charge in [-0.05, 0) is 19.4 Å². The van der Waals surface area contributed by atoms with Crippen LogP contribution in [0.2, 0.25) is 5.02 Å². The van der Waals surface area contributed by atoms with Gasteiger partial charge in [0.1, 0.15) is 0 Å². The van der Waals surface area contributed by atoms with E-state index < -0.39 is 0 Å². The maximum absolute atomic E-state index is 5.99. The Morgan fingerprint density at radius 2 is 2.21 bits per heavy atom. The molecule has 0 atom stereocenters. The third kappa shape index (κ3) is 2.51. The number of anilines is 2. The molecule has 0 spiro atoms. The number of nitrogen functional groups attached to an aromatic ring is 1. The fourth-order valence-corrected chi connectivity index (χ4v) is 1.48. The van der Waals surface area contributed by atoms with E-state index in [1.54, 1.807) is 0 Å². The van der Waals surface area contributed by atoms with Crippen LogP contribution in [0.3, 0.4) is 0 Å². The topological polar surface area (TPSA) is 50.9 Å². The minimum absolute atomic E-state index is 0.536. The Labute approximate surface area is 89.7 Å². The molecule has 3 N–H and O–H groups in total. The molecule has 0 aliphatic rings. The molecule has 1 aromatic heterocycles. The maximum Gasteiger partial charge on any atom is 0.151 e. The molecule has 0 aliphatic carbocycles. The number of nitrogens with one attached hydrogen (secondary N) is 1. The molecule has 0 bridgehead atoms. The van der Waals surface area contributed by atoms with Crippen molar-refractivity contribution in [2.24, 2.45) is 0 Å². The van der Waals surface area contributed by atoms with Crippen molar-refractivity contribution in [1.82, 2.24) is 4.98 Å². The summed E-state index contributed by atoms with van der Waals surface area (Å²) in [5.74, 6) is 0.698. The van der Waals surface area contributed by atoms with Gasteiger partial charge < -0.3 is 11.1 Å². The van der Waals surface area contributed by atoms with E-state index in [-0.39, 0.29) is 0 Å². The van der Waals surface area contributed by atoms with Crippen LogP contribution < -0.4 is 11.1 Å². The minimum atomic E-state index is 0.536. The van der Waals surface area contributed by atoms with Crippen LogP contribution in [0.1, 0.15) is 26.0 Å². The number of halogens is 1. The molecular formula is C10H16ClN3. The number of hydrogen-bond donors (Lipinski definition) is 2. The van der Waals surface area contributed by atoms with Crippen LogP contribution in [-0.4, -0.2) is 11.5 Å². The highest BCUT2D eigenvalue weighted by atomic mass is 35.5. The molecule has 78 valence electrons. The largest absolute Gasteiger partial charge is 0.395 e. The van der Waals surface area contributed by atoms with Gasteiger partial charge in [-0.2, -0.15) is 0 Å². The second kappa shape index (κ2) is 5.05. The van der Waals surface area contributed by atoms with Gasteiger partial charge in [0, 0.05) is 12.2 Å². The summed E-state index contributed by atoms with van der Waals surface area (Å²) in [5, 5.41) is 3.68. The predicted molar refractivity (Wildman–Crippen MR) is 61.8 cm³/mol. The van der Waals surface area contributed by atoms with E-state index in [0.717, 1.165) is 25.1 Å². The van der Waals surface area contributed by atoms with E-state index >= 15 is 0 Å². The molecule has 1 rings (SSSR count). The smallest absolute Gasteiger partial charge is 0.151 e. The lowest BCUT2D eigenvalue weighted by atomic mass is 10.2. The highest BCUT2D eigenvalue weighted by Gasteiger charge is 2.06. The van der Waals surface area contributed by atoms with Crippen molar-refractivity contribution in [3.63, 3.8) is 0 Å². The summed E-state index contributed by atoms with van der Waals surface area (Å²) in [7, 11) is 0. The van der Waals surface area contributed by atoms with Crippen molar-refractivity contribution in [3.8, 4) is 0 Å². The Bertz CT molecular complexity index is 312. The molecule has 0 saturated carbocycles. The van der Waals surface area contributed by atoms with Crippen LogP contribution in [-0.2, 0) is 6.42 Å². The number of nitrogens with two attached hydrogens (primary N) is 1. The number of rotatable bonds is 4. The number of hydrogen-bond acceptors (Lipinski definition) is 3. The van der Waals surface area contributed by atoms with Crippen molar-refractivity contribution < 1.29 is 0 Å². The summed E-state index contributed by atoms with van der Waals surface area (Å²) in [5.41, 5.74) is 7.30. The van der Waals surface area contributed by atoms with Crippen LogP contribution in [0.5, 0.6) is 0 Å². The predicted octanol–water partition coefficient (Wildman–Crippen LogP) is 2.70. The Morgan fingerprint density at radius 3 is 2.79 bits per heavy atom.